The number of unbranched alkanes of at least 4 members (excludes halogenated alkanes) is 14. The second-order valence-electron chi connectivity index (χ2n) is 16.0. The first-order valence-corrected chi connectivity index (χ1v) is 23.7. The zero-order valence-electron chi connectivity index (χ0n) is 36.6. The molecule has 0 bridgehead atoms. The van der Waals surface area contributed by atoms with Crippen molar-refractivity contribution >= 4 is 13.7 Å². The van der Waals surface area contributed by atoms with E-state index in [9.17, 15) is 19.4 Å². The molecule has 3 unspecified atom stereocenters. The summed E-state index contributed by atoms with van der Waals surface area (Å²) in [5.41, 5.74) is 0. The average molecular weight is 805 g/mol. The molecule has 0 heterocycles. The van der Waals surface area contributed by atoms with E-state index in [0.29, 0.717) is 23.9 Å². The Balaban J connectivity index is 4.15. The lowest BCUT2D eigenvalue weighted by atomic mass is 10.0. The number of phosphoric ester groups is 1. The lowest BCUT2D eigenvalue weighted by Gasteiger charge is -2.30. The molecule has 0 spiro atoms. The molecule has 0 aliphatic rings. The molecule has 56 heavy (non-hydrogen) atoms. The quantitative estimate of drug-likeness (QED) is 0.0277. The van der Waals surface area contributed by atoms with Crippen molar-refractivity contribution in [2.45, 2.75) is 180 Å². The van der Waals surface area contributed by atoms with Crippen LogP contribution in [0.2, 0.25) is 0 Å². The highest BCUT2D eigenvalue weighted by Gasteiger charge is 2.24. The van der Waals surface area contributed by atoms with Crippen molar-refractivity contribution in [2.75, 3.05) is 40.9 Å². The standard InChI is InChI=1S/C47H85N2O6P/c1-6-8-10-12-14-15-16-17-18-19-20-21-22-23-24-25-26-27-28-29-30-31-32-33-35-37-39-41-47(51)48-45(46(50)40-38-36-34-13-11-9-7-2)44-55-56(52,53)54-43-42-49(3,4)5/h8,10,14-15,17-18,20-21,23-24,26-27,45-46,50H,6-7,9,11-13,16,19,22,25,28-44H2,1-5H3,(H-,48,51,52,53)/b10-8-,15-14-,18-17-,21-20-,24-23-,27-26-. The average Bonchev–Trinajstić information content (AvgIpc) is 3.15. The molecule has 0 aliphatic carbocycles. The van der Waals surface area contributed by atoms with Gasteiger partial charge in [0.2, 0.25) is 5.91 Å². The highest BCUT2D eigenvalue weighted by molar-refractivity contribution is 7.45. The highest BCUT2D eigenvalue weighted by Crippen LogP contribution is 2.38. The van der Waals surface area contributed by atoms with Crippen LogP contribution in [0.25, 0.3) is 0 Å². The topological polar surface area (TPSA) is 108 Å². The summed E-state index contributed by atoms with van der Waals surface area (Å²) < 4.78 is 23.1. The van der Waals surface area contributed by atoms with Crippen molar-refractivity contribution in [2.24, 2.45) is 0 Å². The van der Waals surface area contributed by atoms with Gasteiger partial charge in [-0.3, -0.25) is 9.36 Å². The third-order valence-electron chi connectivity index (χ3n) is 9.46. The number of hydrogen-bond acceptors (Lipinski definition) is 6. The maximum Gasteiger partial charge on any atom is 0.268 e. The molecule has 0 saturated carbocycles. The predicted molar refractivity (Wildman–Crippen MR) is 237 cm³/mol. The molecule has 0 rings (SSSR count). The third kappa shape index (κ3) is 40.1. The lowest BCUT2D eigenvalue weighted by molar-refractivity contribution is -0.870. The number of carbonyl (C=O) groups is 1. The number of nitrogens with zero attached hydrogens (tertiary/aromatic N) is 1. The van der Waals surface area contributed by atoms with Gasteiger partial charge in [0.15, 0.2) is 0 Å². The fourth-order valence-electron chi connectivity index (χ4n) is 5.92. The summed E-state index contributed by atoms with van der Waals surface area (Å²) >= 11 is 0. The minimum Gasteiger partial charge on any atom is -0.756 e. The monoisotopic (exact) mass is 805 g/mol. The molecule has 0 aromatic carbocycles. The first-order chi connectivity index (χ1) is 27.0. The maximum atomic E-state index is 12.8. The van der Waals surface area contributed by atoms with Crippen molar-refractivity contribution in [3.05, 3.63) is 72.9 Å². The maximum absolute atomic E-state index is 12.8. The Morgan fingerprint density at radius 2 is 1.09 bits per heavy atom. The molecular weight excluding hydrogens is 719 g/mol. The number of aliphatic hydroxyl groups excluding tert-OH is 1. The van der Waals surface area contributed by atoms with E-state index in [1.165, 1.54) is 57.8 Å². The van der Waals surface area contributed by atoms with Crippen LogP contribution < -0.4 is 10.2 Å². The van der Waals surface area contributed by atoms with Gasteiger partial charge in [0, 0.05) is 6.42 Å². The van der Waals surface area contributed by atoms with Crippen LogP contribution in [0.5, 0.6) is 0 Å². The van der Waals surface area contributed by atoms with Gasteiger partial charge < -0.3 is 28.8 Å². The van der Waals surface area contributed by atoms with Crippen molar-refractivity contribution in [3.8, 4) is 0 Å². The Morgan fingerprint density at radius 1 is 0.643 bits per heavy atom. The molecule has 2 N–H and O–H groups in total. The van der Waals surface area contributed by atoms with E-state index in [4.69, 9.17) is 9.05 Å². The Labute approximate surface area is 344 Å². The molecule has 0 fully saturated rings. The van der Waals surface area contributed by atoms with Crippen LogP contribution in [0.15, 0.2) is 72.9 Å². The molecule has 324 valence electrons. The highest BCUT2D eigenvalue weighted by atomic mass is 31.2. The molecule has 0 saturated heterocycles. The van der Waals surface area contributed by atoms with Crippen molar-refractivity contribution in [1.82, 2.24) is 5.32 Å². The molecule has 9 heteroatoms. The van der Waals surface area contributed by atoms with Crippen LogP contribution >= 0.6 is 7.82 Å². The van der Waals surface area contributed by atoms with Gasteiger partial charge in [0.25, 0.3) is 7.82 Å². The van der Waals surface area contributed by atoms with Gasteiger partial charge in [-0.25, -0.2) is 0 Å². The second kappa shape index (κ2) is 38.5. The number of phosphoric acid groups is 1. The predicted octanol–water partition coefficient (Wildman–Crippen LogP) is 11.8. The van der Waals surface area contributed by atoms with E-state index in [1.54, 1.807) is 0 Å². The largest absolute Gasteiger partial charge is 0.756 e. The molecular formula is C47H85N2O6P. The van der Waals surface area contributed by atoms with Gasteiger partial charge in [-0.1, -0.05) is 170 Å². The van der Waals surface area contributed by atoms with Crippen molar-refractivity contribution < 1.29 is 32.9 Å². The van der Waals surface area contributed by atoms with Gasteiger partial charge in [-0.2, -0.15) is 0 Å². The molecule has 0 radical (unpaired) electrons. The smallest absolute Gasteiger partial charge is 0.268 e. The normalized spacial score (nSPS) is 15.1. The zero-order valence-corrected chi connectivity index (χ0v) is 37.5. The number of nitrogens with one attached hydrogen (secondary N) is 1. The summed E-state index contributed by atoms with van der Waals surface area (Å²) in [6, 6.07) is -0.806. The van der Waals surface area contributed by atoms with Crippen LogP contribution in [0.1, 0.15) is 168 Å². The van der Waals surface area contributed by atoms with Crippen LogP contribution in [-0.2, 0) is 18.4 Å². The van der Waals surface area contributed by atoms with Gasteiger partial charge in [-0.15, -0.1) is 0 Å². The second-order valence-corrected chi connectivity index (χ2v) is 17.4. The SMILES string of the molecule is CC/C=C\C/C=C\C/C=C\C/C=C\C/C=C\C/C=C\CCCCCCCCCCC(=O)NC(COP(=O)([O-])OCC[N+](C)(C)C)C(O)CCCCCCCCC. The number of hydrogen-bond donors (Lipinski definition) is 2. The Morgan fingerprint density at radius 3 is 1.59 bits per heavy atom. The van der Waals surface area contributed by atoms with E-state index >= 15 is 0 Å². The third-order valence-corrected chi connectivity index (χ3v) is 10.4. The first-order valence-electron chi connectivity index (χ1n) is 22.3. The fourth-order valence-corrected chi connectivity index (χ4v) is 6.65. The number of quaternary nitrogens is 1. The number of allylic oxidation sites excluding steroid dienone is 12. The molecule has 0 aliphatic heterocycles. The first kappa shape index (κ1) is 53.9. The molecule has 0 aromatic heterocycles. The molecule has 8 nitrogen and oxygen atoms in total. The summed E-state index contributed by atoms with van der Waals surface area (Å²) in [4.78, 5) is 25.2. The summed E-state index contributed by atoms with van der Waals surface area (Å²) in [5, 5.41) is 13.8. The fraction of sp³-hybridized carbons (Fsp3) is 0.723. The van der Waals surface area contributed by atoms with Crippen LogP contribution in [-0.4, -0.2) is 68.5 Å². The van der Waals surface area contributed by atoms with E-state index in [-0.39, 0.29) is 19.1 Å². The lowest BCUT2D eigenvalue weighted by Crippen LogP contribution is -2.46. The van der Waals surface area contributed by atoms with Crippen LogP contribution in [0.4, 0.5) is 0 Å². The molecule has 0 aromatic rings. The van der Waals surface area contributed by atoms with Gasteiger partial charge in [0.05, 0.1) is 39.9 Å². The molecule has 1 amide bonds. The van der Waals surface area contributed by atoms with Crippen LogP contribution in [0, 0.1) is 0 Å². The number of aliphatic hydroxyl groups is 1. The Kier molecular flexibility index (Phi) is 37.0. The number of amides is 1. The summed E-state index contributed by atoms with van der Waals surface area (Å²) in [6.45, 7) is 4.52. The molecule has 3 atom stereocenters. The Bertz CT molecular complexity index is 1140. The zero-order chi connectivity index (χ0) is 41.4. The van der Waals surface area contributed by atoms with E-state index in [0.717, 1.165) is 83.5 Å². The van der Waals surface area contributed by atoms with Crippen molar-refractivity contribution in [3.63, 3.8) is 0 Å². The van der Waals surface area contributed by atoms with Crippen LogP contribution in [0.3, 0.4) is 0 Å². The number of carbonyl (C=O) groups excluding carboxylic acids is 1. The number of likely N-dealkylation sites (N-methyl/N-ethyl adjacent to an activating group) is 1. The van der Waals surface area contributed by atoms with E-state index in [1.807, 2.05) is 21.1 Å². The Hall–Kier alpha value is -2.06. The van der Waals surface area contributed by atoms with Crippen molar-refractivity contribution in [1.29, 1.82) is 0 Å². The summed E-state index contributed by atoms with van der Waals surface area (Å²) in [6.07, 6.45) is 50.7. The minimum absolute atomic E-state index is 0.00616. The minimum atomic E-state index is -4.56. The van der Waals surface area contributed by atoms with Gasteiger partial charge >= 0.3 is 0 Å². The van der Waals surface area contributed by atoms with E-state index < -0.39 is 20.0 Å². The summed E-state index contributed by atoms with van der Waals surface area (Å²) in [7, 11) is 1.28. The van der Waals surface area contributed by atoms with Gasteiger partial charge in [-0.05, 0) is 64.2 Å². The number of rotatable bonds is 39. The van der Waals surface area contributed by atoms with E-state index in [2.05, 4.69) is 92.1 Å². The summed E-state index contributed by atoms with van der Waals surface area (Å²) in [5.74, 6) is -0.182. The van der Waals surface area contributed by atoms with Gasteiger partial charge in [0.1, 0.15) is 13.2 Å².